The van der Waals surface area contributed by atoms with Crippen LogP contribution in [0.1, 0.15) is 17.9 Å². The van der Waals surface area contributed by atoms with Crippen LogP contribution in [-0.4, -0.2) is 17.6 Å². The summed E-state index contributed by atoms with van der Waals surface area (Å²) in [6, 6.07) is 9.29. The van der Waals surface area contributed by atoms with Gasteiger partial charge in [-0.3, -0.25) is 0 Å². The van der Waals surface area contributed by atoms with Crippen molar-refractivity contribution in [3.05, 3.63) is 35.9 Å². The first-order chi connectivity index (χ1) is 6.24. The third-order valence-corrected chi connectivity index (χ3v) is 1.89. The lowest BCUT2D eigenvalue weighted by atomic mass is 9.97. The highest BCUT2D eigenvalue weighted by Crippen LogP contribution is 2.17. The van der Waals surface area contributed by atoms with E-state index < -0.39 is 6.23 Å². The molecule has 0 aromatic heterocycles. The van der Waals surface area contributed by atoms with Gasteiger partial charge in [-0.05, 0) is 12.0 Å². The van der Waals surface area contributed by atoms with Crippen LogP contribution in [0.25, 0.3) is 0 Å². The molecule has 3 heteroatoms. The standard InChI is InChI=1S/C10H13NO2/c11-10(13)6-9(7-12)8-4-2-1-3-5-8/h1-5,7,9-10,13H,6,11H2. The molecule has 1 rings (SSSR count). The third-order valence-electron chi connectivity index (χ3n) is 1.89. The average Bonchev–Trinajstić information content (AvgIpc) is 2.15. The lowest BCUT2D eigenvalue weighted by Gasteiger charge is -2.11. The summed E-state index contributed by atoms with van der Waals surface area (Å²) in [6.07, 6.45) is 0.147. The number of aliphatic hydroxyl groups is 1. The van der Waals surface area contributed by atoms with Crippen molar-refractivity contribution in [3.8, 4) is 0 Å². The van der Waals surface area contributed by atoms with Crippen molar-refractivity contribution in [2.75, 3.05) is 0 Å². The lowest BCUT2D eigenvalue weighted by Crippen LogP contribution is -2.22. The molecular formula is C10H13NO2. The Morgan fingerprint density at radius 2 is 2.00 bits per heavy atom. The highest BCUT2D eigenvalue weighted by molar-refractivity contribution is 5.62. The quantitative estimate of drug-likeness (QED) is 0.526. The predicted octanol–water partition coefficient (Wildman–Crippen LogP) is 0.636. The molecule has 70 valence electrons. The van der Waals surface area contributed by atoms with Crippen LogP contribution >= 0.6 is 0 Å². The van der Waals surface area contributed by atoms with Crippen molar-refractivity contribution in [3.63, 3.8) is 0 Å². The molecule has 0 aliphatic carbocycles. The molecule has 0 saturated heterocycles. The molecular weight excluding hydrogens is 166 g/mol. The van der Waals surface area contributed by atoms with Crippen LogP contribution in [-0.2, 0) is 4.79 Å². The van der Waals surface area contributed by atoms with Gasteiger partial charge in [0.15, 0.2) is 0 Å². The van der Waals surface area contributed by atoms with E-state index >= 15 is 0 Å². The summed E-state index contributed by atoms with van der Waals surface area (Å²) in [5.41, 5.74) is 6.09. The largest absolute Gasteiger partial charge is 0.379 e. The monoisotopic (exact) mass is 179 g/mol. The van der Waals surface area contributed by atoms with E-state index in [0.29, 0.717) is 0 Å². The van der Waals surface area contributed by atoms with Crippen molar-refractivity contribution in [1.82, 2.24) is 0 Å². The Morgan fingerprint density at radius 1 is 1.38 bits per heavy atom. The van der Waals surface area contributed by atoms with Crippen LogP contribution in [0, 0.1) is 0 Å². The maximum atomic E-state index is 10.7. The number of nitrogens with two attached hydrogens (primary N) is 1. The van der Waals surface area contributed by atoms with E-state index in [1.807, 2.05) is 30.3 Å². The molecule has 0 heterocycles. The van der Waals surface area contributed by atoms with Crippen molar-refractivity contribution in [2.45, 2.75) is 18.6 Å². The van der Waals surface area contributed by atoms with E-state index in [9.17, 15) is 4.79 Å². The third kappa shape index (κ3) is 2.97. The fourth-order valence-corrected chi connectivity index (χ4v) is 1.23. The zero-order chi connectivity index (χ0) is 9.68. The molecule has 0 fully saturated rings. The van der Waals surface area contributed by atoms with E-state index in [2.05, 4.69) is 0 Å². The number of aldehydes is 1. The summed E-state index contributed by atoms with van der Waals surface area (Å²) >= 11 is 0. The maximum Gasteiger partial charge on any atom is 0.127 e. The molecule has 3 nitrogen and oxygen atoms in total. The highest BCUT2D eigenvalue weighted by atomic mass is 16.3. The fraction of sp³-hybridized carbons (Fsp3) is 0.300. The number of carbonyl (C=O) groups is 1. The number of aliphatic hydroxyl groups excluding tert-OH is 1. The Hall–Kier alpha value is -1.19. The van der Waals surface area contributed by atoms with Crippen LogP contribution in [0.2, 0.25) is 0 Å². The van der Waals surface area contributed by atoms with Gasteiger partial charge in [-0.2, -0.15) is 0 Å². The Balaban J connectivity index is 2.73. The molecule has 2 unspecified atom stereocenters. The van der Waals surface area contributed by atoms with Gasteiger partial charge in [-0.1, -0.05) is 30.3 Å². The summed E-state index contributed by atoms with van der Waals surface area (Å²) in [7, 11) is 0. The van der Waals surface area contributed by atoms with Crippen LogP contribution in [0.5, 0.6) is 0 Å². The minimum absolute atomic E-state index is 0.271. The van der Waals surface area contributed by atoms with Crippen LogP contribution in [0.3, 0.4) is 0 Å². The molecule has 2 atom stereocenters. The van der Waals surface area contributed by atoms with E-state index in [-0.39, 0.29) is 12.3 Å². The second-order valence-electron chi connectivity index (χ2n) is 2.96. The lowest BCUT2D eigenvalue weighted by molar-refractivity contribution is -0.109. The number of hydrogen-bond acceptors (Lipinski definition) is 3. The van der Waals surface area contributed by atoms with E-state index in [0.717, 1.165) is 11.8 Å². The highest BCUT2D eigenvalue weighted by Gasteiger charge is 2.12. The van der Waals surface area contributed by atoms with Crippen LogP contribution in [0.15, 0.2) is 30.3 Å². The van der Waals surface area contributed by atoms with E-state index in [1.165, 1.54) is 0 Å². The van der Waals surface area contributed by atoms with E-state index in [4.69, 9.17) is 10.8 Å². The molecule has 0 saturated carbocycles. The van der Waals surface area contributed by atoms with Gasteiger partial charge in [-0.15, -0.1) is 0 Å². The van der Waals surface area contributed by atoms with Crippen molar-refractivity contribution in [1.29, 1.82) is 0 Å². The summed E-state index contributed by atoms with van der Waals surface area (Å²) in [6.45, 7) is 0. The van der Waals surface area contributed by atoms with Gasteiger partial charge in [0, 0.05) is 5.92 Å². The fourth-order valence-electron chi connectivity index (χ4n) is 1.23. The average molecular weight is 179 g/mol. The summed E-state index contributed by atoms with van der Waals surface area (Å²) < 4.78 is 0. The molecule has 1 aromatic rings. The van der Waals surface area contributed by atoms with Gasteiger partial charge in [0.1, 0.15) is 12.5 Å². The number of carbonyl (C=O) groups excluding carboxylic acids is 1. The normalized spacial score (nSPS) is 14.9. The van der Waals surface area contributed by atoms with Gasteiger partial charge in [0.05, 0.1) is 0 Å². The number of rotatable bonds is 4. The SMILES string of the molecule is NC(O)CC(C=O)c1ccccc1. The molecule has 0 aliphatic rings. The number of hydrogen-bond donors (Lipinski definition) is 2. The summed E-state index contributed by atoms with van der Waals surface area (Å²) in [5, 5.41) is 8.93. The second kappa shape index (κ2) is 4.74. The maximum absolute atomic E-state index is 10.7. The van der Waals surface area contributed by atoms with Crippen molar-refractivity contribution in [2.24, 2.45) is 5.73 Å². The van der Waals surface area contributed by atoms with Gasteiger partial charge < -0.3 is 15.6 Å². The Morgan fingerprint density at radius 3 is 2.46 bits per heavy atom. The van der Waals surface area contributed by atoms with Crippen molar-refractivity contribution < 1.29 is 9.90 Å². The molecule has 1 aromatic carbocycles. The first-order valence-corrected chi connectivity index (χ1v) is 4.18. The molecule has 3 N–H and O–H groups in total. The smallest absolute Gasteiger partial charge is 0.127 e. The summed E-state index contributed by atoms with van der Waals surface area (Å²) in [4.78, 5) is 10.7. The van der Waals surface area contributed by atoms with Gasteiger partial charge in [-0.25, -0.2) is 0 Å². The van der Waals surface area contributed by atoms with Gasteiger partial charge in [0.25, 0.3) is 0 Å². The number of benzene rings is 1. The van der Waals surface area contributed by atoms with E-state index in [1.54, 1.807) is 0 Å². The second-order valence-corrected chi connectivity index (χ2v) is 2.96. The summed E-state index contributed by atoms with van der Waals surface area (Å²) in [5.74, 6) is -0.304. The van der Waals surface area contributed by atoms with Crippen LogP contribution < -0.4 is 5.73 Å². The van der Waals surface area contributed by atoms with Gasteiger partial charge >= 0.3 is 0 Å². The Bertz CT molecular complexity index is 259. The minimum Gasteiger partial charge on any atom is -0.379 e. The zero-order valence-electron chi connectivity index (χ0n) is 7.26. The Kier molecular flexibility index (Phi) is 3.61. The molecule has 0 amide bonds. The van der Waals surface area contributed by atoms with Gasteiger partial charge in [0.2, 0.25) is 0 Å². The molecule has 0 aliphatic heterocycles. The predicted molar refractivity (Wildman–Crippen MR) is 50.1 cm³/mol. The first-order valence-electron chi connectivity index (χ1n) is 4.18. The molecule has 0 radical (unpaired) electrons. The molecule has 0 bridgehead atoms. The molecule has 13 heavy (non-hydrogen) atoms. The minimum atomic E-state index is -0.935. The van der Waals surface area contributed by atoms with Crippen molar-refractivity contribution >= 4 is 6.29 Å². The first kappa shape index (κ1) is 9.89. The topological polar surface area (TPSA) is 63.3 Å². The zero-order valence-corrected chi connectivity index (χ0v) is 7.26. The van der Waals surface area contributed by atoms with Crippen LogP contribution in [0.4, 0.5) is 0 Å². The Labute approximate surface area is 77.2 Å². The molecule has 0 spiro atoms.